The van der Waals surface area contributed by atoms with Crippen LogP contribution in [0, 0.1) is 6.92 Å². The third kappa shape index (κ3) is 4.95. The van der Waals surface area contributed by atoms with Gasteiger partial charge >= 0.3 is 0 Å². The van der Waals surface area contributed by atoms with Gasteiger partial charge in [0.15, 0.2) is 0 Å². The number of anilines is 1. The minimum atomic E-state index is -0.359. The number of aryl methyl sites for hydroxylation is 1. The van der Waals surface area contributed by atoms with Gasteiger partial charge in [-0.25, -0.2) is 5.43 Å². The molecule has 0 bridgehead atoms. The minimum absolute atomic E-state index is 0.359. The van der Waals surface area contributed by atoms with E-state index < -0.39 is 0 Å². The summed E-state index contributed by atoms with van der Waals surface area (Å²) in [6, 6.07) is 22.5. The Bertz CT molecular complexity index is 967. The highest BCUT2D eigenvalue weighted by Crippen LogP contribution is 2.18. The molecule has 27 heavy (non-hydrogen) atoms. The Morgan fingerprint density at radius 1 is 1.07 bits per heavy atom. The van der Waals surface area contributed by atoms with Crippen LogP contribution in [0.4, 0.5) is 5.69 Å². The SMILES string of the molecule is Cc1cccc(COc2ccccc2/C=N/NC(=O)c2ccccc2N)c1. The number of carbonyl (C=O) groups excluding carboxylic acids is 1. The molecule has 3 aromatic rings. The number of hydrazone groups is 1. The van der Waals surface area contributed by atoms with E-state index in [9.17, 15) is 4.79 Å². The first kappa shape index (κ1) is 18.2. The lowest BCUT2D eigenvalue weighted by molar-refractivity contribution is 0.0956. The van der Waals surface area contributed by atoms with E-state index in [-0.39, 0.29) is 5.91 Å². The lowest BCUT2D eigenvalue weighted by Gasteiger charge is -2.09. The highest BCUT2D eigenvalue weighted by molar-refractivity contribution is 5.99. The number of benzene rings is 3. The standard InChI is InChI=1S/C22H21N3O2/c1-16-7-6-8-17(13-16)15-27-21-12-5-2-9-18(21)14-24-25-22(26)19-10-3-4-11-20(19)23/h2-14H,15,23H2,1H3,(H,25,26)/b24-14+. The Labute approximate surface area is 158 Å². The number of nitrogen functional groups attached to an aromatic ring is 1. The van der Waals surface area contributed by atoms with Crippen LogP contribution >= 0.6 is 0 Å². The minimum Gasteiger partial charge on any atom is -0.488 e. The smallest absolute Gasteiger partial charge is 0.273 e. The van der Waals surface area contributed by atoms with Crippen molar-refractivity contribution >= 4 is 17.8 Å². The highest BCUT2D eigenvalue weighted by atomic mass is 16.5. The number of nitrogens with zero attached hydrogens (tertiary/aromatic N) is 1. The molecule has 0 spiro atoms. The molecular formula is C22H21N3O2. The summed E-state index contributed by atoms with van der Waals surface area (Å²) in [5.41, 5.74) is 12.1. The molecule has 5 heteroatoms. The predicted octanol–water partition coefficient (Wildman–Crippen LogP) is 3.92. The Morgan fingerprint density at radius 2 is 1.85 bits per heavy atom. The second-order valence-electron chi connectivity index (χ2n) is 6.10. The normalized spacial score (nSPS) is 10.7. The van der Waals surface area contributed by atoms with E-state index in [0.717, 1.165) is 11.1 Å². The van der Waals surface area contributed by atoms with E-state index in [1.54, 1.807) is 30.5 Å². The average Bonchev–Trinajstić information content (AvgIpc) is 2.67. The molecule has 1 amide bonds. The van der Waals surface area contributed by atoms with Crippen LogP contribution < -0.4 is 15.9 Å². The van der Waals surface area contributed by atoms with Crippen LogP contribution in [-0.4, -0.2) is 12.1 Å². The highest BCUT2D eigenvalue weighted by Gasteiger charge is 2.07. The molecule has 136 valence electrons. The van der Waals surface area contributed by atoms with Gasteiger partial charge in [-0.05, 0) is 36.8 Å². The summed E-state index contributed by atoms with van der Waals surface area (Å²) in [5, 5.41) is 4.03. The van der Waals surface area contributed by atoms with Crippen LogP contribution in [0.5, 0.6) is 5.75 Å². The van der Waals surface area contributed by atoms with Crippen LogP contribution in [0.2, 0.25) is 0 Å². The first-order valence-electron chi connectivity index (χ1n) is 8.59. The number of carbonyl (C=O) groups is 1. The maximum Gasteiger partial charge on any atom is 0.273 e. The van der Waals surface area contributed by atoms with Crippen LogP contribution in [0.3, 0.4) is 0 Å². The third-order valence-electron chi connectivity index (χ3n) is 3.97. The lowest BCUT2D eigenvalue weighted by Crippen LogP contribution is -2.19. The molecule has 5 nitrogen and oxygen atoms in total. The molecule has 0 aromatic heterocycles. The van der Waals surface area contributed by atoms with E-state index in [1.165, 1.54) is 5.56 Å². The van der Waals surface area contributed by atoms with Crippen LogP contribution in [-0.2, 0) is 6.61 Å². The summed E-state index contributed by atoms with van der Waals surface area (Å²) in [6.45, 7) is 2.51. The van der Waals surface area contributed by atoms with Gasteiger partial charge in [0.2, 0.25) is 0 Å². The molecule has 0 saturated heterocycles. The van der Waals surface area contributed by atoms with E-state index >= 15 is 0 Å². The molecule has 3 aromatic carbocycles. The second kappa shape index (κ2) is 8.67. The zero-order valence-electron chi connectivity index (χ0n) is 15.1. The monoisotopic (exact) mass is 359 g/mol. The van der Waals surface area contributed by atoms with Gasteiger partial charge in [0.25, 0.3) is 5.91 Å². The fourth-order valence-electron chi connectivity index (χ4n) is 2.61. The van der Waals surface area contributed by atoms with Gasteiger partial charge in [-0.15, -0.1) is 0 Å². The Morgan fingerprint density at radius 3 is 2.67 bits per heavy atom. The number of hydrogen-bond acceptors (Lipinski definition) is 4. The van der Waals surface area contributed by atoms with Gasteiger partial charge in [0, 0.05) is 11.3 Å². The molecule has 0 unspecified atom stereocenters. The van der Waals surface area contributed by atoms with E-state index in [2.05, 4.69) is 16.6 Å². The van der Waals surface area contributed by atoms with Crippen LogP contribution in [0.1, 0.15) is 27.0 Å². The fourth-order valence-corrected chi connectivity index (χ4v) is 2.61. The average molecular weight is 359 g/mol. The lowest BCUT2D eigenvalue weighted by atomic mass is 10.1. The molecule has 0 aliphatic heterocycles. The second-order valence-corrected chi connectivity index (χ2v) is 6.10. The Kier molecular flexibility index (Phi) is 5.84. The van der Waals surface area contributed by atoms with E-state index in [4.69, 9.17) is 10.5 Å². The van der Waals surface area contributed by atoms with Crippen molar-refractivity contribution in [2.24, 2.45) is 5.10 Å². The Hall–Kier alpha value is -3.60. The molecule has 0 heterocycles. The van der Waals surface area contributed by atoms with Crippen molar-refractivity contribution < 1.29 is 9.53 Å². The van der Waals surface area contributed by atoms with Crippen molar-refractivity contribution in [2.75, 3.05) is 5.73 Å². The molecule has 0 aliphatic carbocycles. The van der Waals surface area contributed by atoms with Crippen molar-refractivity contribution in [3.05, 3.63) is 95.1 Å². The first-order chi connectivity index (χ1) is 13.1. The fraction of sp³-hybridized carbons (Fsp3) is 0.0909. The third-order valence-corrected chi connectivity index (χ3v) is 3.97. The summed E-state index contributed by atoms with van der Waals surface area (Å²) >= 11 is 0. The maximum absolute atomic E-state index is 12.1. The molecule has 0 atom stereocenters. The number of nitrogens with one attached hydrogen (secondary N) is 1. The summed E-state index contributed by atoms with van der Waals surface area (Å²) < 4.78 is 5.92. The van der Waals surface area contributed by atoms with Crippen LogP contribution in [0.15, 0.2) is 77.9 Å². The summed E-state index contributed by atoms with van der Waals surface area (Å²) in [6.07, 6.45) is 1.56. The van der Waals surface area contributed by atoms with Crippen LogP contribution in [0.25, 0.3) is 0 Å². The van der Waals surface area contributed by atoms with Crippen molar-refractivity contribution in [3.8, 4) is 5.75 Å². The maximum atomic E-state index is 12.1. The number of para-hydroxylation sites is 2. The summed E-state index contributed by atoms with van der Waals surface area (Å²) in [4.78, 5) is 12.1. The molecular weight excluding hydrogens is 338 g/mol. The molecule has 3 rings (SSSR count). The van der Waals surface area contributed by atoms with Gasteiger partial charge in [-0.3, -0.25) is 4.79 Å². The van der Waals surface area contributed by atoms with Gasteiger partial charge in [-0.2, -0.15) is 5.10 Å². The Balaban J connectivity index is 1.66. The quantitative estimate of drug-likeness (QED) is 0.398. The molecule has 0 saturated carbocycles. The van der Waals surface area contributed by atoms with Crippen molar-refractivity contribution in [2.45, 2.75) is 13.5 Å². The van der Waals surface area contributed by atoms with Gasteiger partial charge in [0.1, 0.15) is 12.4 Å². The molecule has 0 fully saturated rings. The summed E-state index contributed by atoms with van der Waals surface area (Å²) in [7, 11) is 0. The number of amides is 1. The van der Waals surface area contributed by atoms with E-state index in [0.29, 0.717) is 23.6 Å². The molecule has 3 N–H and O–H groups in total. The molecule has 0 radical (unpaired) electrons. The van der Waals surface area contributed by atoms with Crippen molar-refractivity contribution in [3.63, 3.8) is 0 Å². The topological polar surface area (TPSA) is 76.7 Å². The number of rotatable bonds is 6. The van der Waals surface area contributed by atoms with Gasteiger partial charge in [-0.1, -0.05) is 54.1 Å². The molecule has 0 aliphatic rings. The number of hydrogen-bond donors (Lipinski definition) is 2. The summed E-state index contributed by atoms with van der Waals surface area (Å²) in [5.74, 6) is 0.332. The number of nitrogens with two attached hydrogens (primary N) is 1. The van der Waals surface area contributed by atoms with Gasteiger partial charge in [0.05, 0.1) is 11.8 Å². The van der Waals surface area contributed by atoms with Crippen molar-refractivity contribution in [1.82, 2.24) is 5.43 Å². The van der Waals surface area contributed by atoms with E-state index in [1.807, 2.05) is 49.4 Å². The zero-order valence-corrected chi connectivity index (χ0v) is 15.1. The first-order valence-corrected chi connectivity index (χ1v) is 8.59. The zero-order chi connectivity index (χ0) is 19.1. The van der Waals surface area contributed by atoms with Gasteiger partial charge < -0.3 is 10.5 Å². The predicted molar refractivity (Wildman–Crippen MR) is 108 cm³/mol. The largest absolute Gasteiger partial charge is 0.488 e. The van der Waals surface area contributed by atoms with Crippen molar-refractivity contribution in [1.29, 1.82) is 0 Å². The number of ether oxygens (including phenoxy) is 1.